The number of carbonyl (C=O) groups excluding carboxylic acids is 1. The molecule has 0 spiro atoms. The Kier molecular flexibility index (Phi) is 4.66. The van der Waals surface area contributed by atoms with E-state index in [0.717, 1.165) is 36.9 Å². The van der Waals surface area contributed by atoms with Crippen LogP contribution in [0.1, 0.15) is 5.56 Å². The van der Waals surface area contributed by atoms with Gasteiger partial charge in [0.1, 0.15) is 0 Å². The molecule has 2 heterocycles. The molecule has 0 aromatic heterocycles. The molecule has 2 aliphatic heterocycles. The highest BCUT2D eigenvalue weighted by atomic mass is 127. The van der Waals surface area contributed by atoms with Crippen LogP contribution in [-0.2, 0) is 4.79 Å². The van der Waals surface area contributed by atoms with Gasteiger partial charge in [0.05, 0.1) is 4.91 Å². The highest BCUT2D eigenvalue weighted by Crippen LogP contribution is 2.30. The number of hydrogen-bond donors (Lipinski definition) is 0. The largest absolute Gasteiger partial charge is 0.348 e. The van der Waals surface area contributed by atoms with Crippen LogP contribution in [0.25, 0.3) is 6.08 Å². The van der Waals surface area contributed by atoms with Gasteiger partial charge in [0.2, 0.25) is 0 Å². The summed E-state index contributed by atoms with van der Waals surface area (Å²) in [7, 11) is 2.12. The molecule has 1 aromatic rings. The van der Waals surface area contributed by atoms with Crippen LogP contribution in [0, 0.1) is 3.57 Å². The van der Waals surface area contributed by atoms with Crippen LogP contribution in [0.5, 0.6) is 0 Å². The molecular weight excluding hydrogens is 397 g/mol. The molecule has 0 N–H and O–H groups in total. The van der Waals surface area contributed by atoms with Gasteiger partial charge in [0.25, 0.3) is 5.91 Å². The fraction of sp³-hybridized carbons (Fsp3) is 0.333. The number of likely N-dealkylation sites (N-methyl/N-ethyl adjacent to an activating group) is 1. The minimum absolute atomic E-state index is 0.118. The van der Waals surface area contributed by atoms with Crippen LogP contribution in [-0.4, -0.2) is 54.1 Å². The quantitative estimate of drug-likeness (QED) is 0.524. The summed E-state index contributed by atoms with van der Waals surface area (Å²) >= 11 is 3.77. The summed E-state index contributed by atoms with van der Waals surface area (Å²) in [6, 6.07) is 8.13. The Bertz CT molecular complexity index is 604. The van der Waals surface area contributed by atoms with E-state index in [-0.39, 0.29) is 5.91 Å². The van der Waals surface area contributed by atoms with E-state index in [0.29, 0.717) is 4.91 Å². The number of carbonyl (C=O) groups is 1. The fourth-order valence-corrected chi connectivity index (χ4v) is 3.57. The van der Waals surface area contributed by atoms with Crippen LogP contribution >= 0.6 is 34.4 Å². The molecule has 4 nitrogen and oxygen atoms in total. The number of thioether (sulfide) groups is 1. The zero-order valence-electron chi connectivity index (χ0n) is 11.8. The van der Waals surface area contributed by atoms with Crippen molar-refractivity contribution in [1.29, 1.82) is 0 Å². The molecule has 1 fully saturated rings. The van der Waals surface area contributed by atoms with Gasteiger partial charge in [-0.2, -0.15) is 4.99 Å². The molecule has 110 valence electrons. The molecule has 3 rings (SSSR count). The highest BCUT2D eigenvalue weighted by Gasteiger charge is 2.27. The van der Waals surface area contributed by atoms with Gasteiger partial charge < -0.3 is 9.80 Å². The van der Waals surface area contributed by atoms with Crippen molar-refractivity contribution in [2.75, 3.05) is 33.2 Å². The minimum atomic E-state index is -0.118. The van der Waals surface area contributed by atoms with Gasteiger partial charge in [-0.25, -0.2) is 0 Å². The Morgan fingerprint density at radius 1 is 1.19 bits per heavy atom. The topological polar surface area (TPSA) is 35.9 Å². The van der Waals surface area contributed by atoms with Crippen molar-refractivity contribution in [2.45, 2.75) is 0 Å². The number of amides is 1. The average Bonchev–Trinajstić information content (AvgIpc) is 2.83. The van der Waals surface area contributed by atoms with E-state index in [9.17, 15) is 4.79 Å². The summed E-state index contributed by atoms with van der Waals surface area (Å²) in [5, 5.41) is 0.852. The fourth-order valence-electron chi connectivity index (χ4n) is 2.24. The smallest absolute Gasteiger partial charge is 0.286 e. The van der Waals surface area contributed by atoms with Crippen LogP contribution in [0.15, 0.2) is 34.2 Å². The van der Waals surface area contributed by atoms with Crippen LogP contribution in [0.3, 0.4) is 0 Å². The lowest BCUT2D eigenvalue weighted by Crippen LogP contribution is -2.46. The number of benzene rings is 1. The monoisotopic (exact) mass is 413 g/mol. The van der Waals surface area contributed by atoms with Gasteiger partial charge in [-0.3, -0.25) is 4.79 Å². The molecule has 0 saturated carbocycles. The molecular formula is C15H16IN3OS. The normalized spacial score (nSPS) is 22.0. The summed E-state index contributed by atoms with van der Waals surface area (Å²) in [6.07, 6.45) is 1.93. The van der Waals surface area contributed by atoms with Crippen molar-refractivity contribution in [2.24, 2.45) is 4.99 Å². The molecule has 1 amide bonds. The Morgan fingerprint density at radius 2 is 1.86 bits per heavy atom. The summed E-state index contributed by atoms with van der Waals surface area (Å²) < 4.78 is 1.19. The summed E-state index contributed by atoms with van der Waals surface area (Å²) in [5.74, 6) is -0.118. The zero-order valence-corrected chi connectivity index (χ0v) is 14.7. The Balaban J connectivity index is 1.71. The van der Waals surface area contributed by atoms with E-state index >= 15 is 0 Å². The van der Waals surface area contributed by atoms with E-state index in [4.69, 9.17) is 0 Å². The molecule has 0 atom stereocenters. The number of aliphatic imine (C=N–C) groups is 1. The van der Waals surface area contributed by atoms with E-state index < -0.39 is 0 Å². The maximum Gasteiger partial charge on any atom is 0.286 e. The van der Waals surface area contributed by atoms with Gasteiger partial charge >= 0.3 is 0 Å². The SMILES string of the molecule is CN1CCN(C2=NC(=O)/C(=C/c3ccc(I)cc3)S2)CC1. The Morgan fingerprint density at radius 3 is 2.52 bits per heavy atom. The van der Waals surface area contributed by atoms with E-state index in [1.165, 1.54) is 15.3 Å². The van der Waals surface area contributed by atoms with Gasteiger partial charge in [0, 0.05) is 29.7 Å². The molecule has 21 heavy (non-hydrogen) atoms. The summed E-state index contributed by atoms with van der Waals surface area (Å²) in [6.45, 7) is 3.91. The highest BCUT2D eigenvalue weighted by molar-refractivity contribution is 14.1. The lowest BCUT2D eigenvalue weighted by molar-refractivity contribution is -0.113. The first-order valence-corrected chi connectivity index (χ1v) is 8.73. The second-order valence-electron chi connectivity index (χ2n) is 5.15. The minimum Gasteiger partial charge on any atom is -0.348 e. The predicted octanol–water partition coefficient (Wildman–Crippen LogP) is 2.51. The first-order valence-electron chi connectivity index (χ1n) is 6.83. The van der Waals surface area contributed by atoms with Crippen LogP contribution in [0.2, 0.25) is 0 Å². The molecule has 2 aliphatic rings. The van der Waals surface area contributed by atoms with Crippen LogP contribution < -0.4 is 0 Å². The van der Waals surface area contributed by atoms with Gasteiger partial charge in [-0.15, -0.1) is 0 Å². The molecule has 1 aromatic carbocycles. The van der Waals surface area contributed by atoms with E-state index in [1.54, 1.807) is 0 Å². The van der Waals surface area contributed by atoms with Crippen molar-refractivity contribution in [3.63, 3.8) is 0 Å². The maximum atomic E-state index is 12.0. The summed E-state index contributed by atoms with van der Waals surface area (Å²) in [5.41, 5.74) is 1.04. The predicted molar refractivity (Wildman–Crippen MR) is 96.2 cm³/mol. The third-order valence-corrected chi connectivity index (χ3v) is 5.31. The van der Waals surface area contributed by atoms with E-state index in [1.807, 2.05) is 30.3 Å². The number of piperazine rings is 1. The number of nitrogens with zero attached hydrogens (tertiary/aromatic N) is 3. The molecule has 0 bridgehead atoms. The average molecular weight is 413 g/mol. The molecule has 0 unspecified atom stereocenters. The summed E-state index contributed by atoms with van der Waals surface area (Å²) in [4.78, 5) is 21.5. The van der Waals surface area contributed by atoms with Gasteiger partial charge in [-0.05, 0) is 65.2 Å². The van der Waals surface area contributed by atoms with Crippen LogP contribution in [0.4, 0.5) is 0 Å². The lowest BCUT2D eigenvalue weighted by atomic mass is 10.2. The number of halogens is 1. The Hall–Kier alpha value is -0.860. The van der Waals surface area contributed by atoms with Crippen molar-refractivity contribution in [3.05, 3.63) is 38.3 Å². The van der Waals surface area contributed by atoms with Gasteiger partial charge in [0.15, 0.2) is 5.17 Å². The van der Waals surface area contributed by atoms with E-state index in [2.05, 4.69) is 44.4 Å². The lowest BCUT2D eigenvalue weighted by Gasteiger charge is -2.32. The molecule has 0 aliphatic carbocycles. The standard InChI is InChI=1S/C15H16IN3OS/c1-18-6-8-19(9-7-18)15-17-14(20)13(21-15)10-11-2-4-12(16)5-3-11/h2-5,10H,6-9H2,1H3/b13-10-. The molecule has 1 saturated heterocycles. The van der Waals surface area contributed by atoms with Crippen molar-refractivity contribution >= 4 is 51.5 Å². The maximum absolute atomic E-state index is 12.0. The number of amidine groups is 1. The Labute approximate surface area is 142 Å². The second kappa shape index (κ2) is 6.50. The third kappa shape index (κ3) is 3.67. The first-order chi connectivity index (χ1) is 10.1. The number of rotatable bonds is 1. The first kappa shape index (κ1) is 15.1. The second-order valence-corrected chi connectivity index (χ2v) is 7.41. The van der Waals surface area contributed by atoms with Crippen molar-refractivity contribution in [1.82, 2.24) is 9.80 Å². The zero-order chi connectivity index (χ0) is 14.8. The molecule has 0 radical (unpaired) electrons. The van der Waals surface area contributed by atoms with Gasteiger partial charge in [-0.1, -0.05) is 12.1 Å². The van der Waals surface area contributed by atoms with Crippen molar-refractivity contribution in [3.8, 4) is 0 Å². The van der Waals surface area contributed by atoms with Crippen molar-refractivity contribution < 1.29 is 4.79 Å². The number of hydrogen-bond acceptors (Lipinski definition) is 4. The molecule has 6 heteroatoms. The third-order valence-electron chi connectivity index (χ3n) is 3.55.